The molecule has 2 aromatic rings. The van der Waals surface area contributed by atoms with Crippen molar-refractivity contribution in [1.29, 1.82) is 0 Å². The summed E-state index contributed by atoms with van der Waals surface area (Å²) in [6, 6.07) is 12.0. The lowest BCUT2D eigenvalue weighted by atomic mass is 10.2. The summed E-state index contributed by atoms with van der Waals surface area (Å²) >= 11 is 0. The smallest absolute Gasteiger partial charge is 0.270 e. The largest absolute Gasteiger partial charge is 0.357 e. The number of aromatic nitrogens is 2. The Balaban J connectivity index is 1.98. The van der Waals surface area contributed by atoms with Gasteiger partial charge in [0.1, 0.15) is 11.5 Å². The zero-order chi connectivity index (χ0) is 17.6. The summed E-state index contributed by atoms with van der Waals surface area (Å²) in [5, 5.41) is 3.03. The first kappa shape index (κ1) is 17.4. The SMILES string of the molecule is CCCN(CCC)c1cc(C(=O)NC2CC2)nc(-c2ccccc2)n1. The maximum atomic E-state index is 12.5. The number of nitrogens with zero attached hydrogens (tertiary/aromatic N) is 3. The summed E-state index contributed by atoms with van der Waals surface area (Å²) in [5.41, 5.74) is 1.38. The van der Waals surface area contributed by atoms with Gasteiger partial charge in [0.05, 0.1) is 0 Å². The highest BCUT2D eigenvalue weighted by Crippen LogP contribution is 2.23. The molecule has 3 rings (SSSR count). The molecular weight excluding hydrogens is 312 g/mol. The highest BCUT2D eigenvalue weighted by Gasteiger charge is 2.25. The predicted molar refractivity (Wildman–Crippen MR) is 101 cm³/mol. The maximum absolute atomic E-state index is 12.5. The zero-order valence-electron chi connectivity index (χ0n) is 15.0. The van der Waals surface area contributed by atoms with Crippen LogP contribution in [0, 0.1) is 0 Å². The number of hydrogen-bond donors (Lipinski definition) is 1. The van der Waals surface area contributed by atoms with Crippen molar-refractivity contribution in [2.75, 3.05) is 18.0 Å². The Morgan fingerprint density at radius 2 is 1.80 bits per heavy atom. The molecule has 1 amide bonds. The van der Waals surface area contributed by atoms with Crippen molar-refractivity contribution in [3.05, 3.63) is 42.1 Å². The number of carbonyl (C=O) groups excluding carboxylic acids is 1. The van der Waals surface area contributed by atoms with Crippen LogP contribution in [0.2, 0.25) is 0 Å². The van der Waals surface area contributed by atoms with Crippen LogP contribution in [0.25, 0.3) is 11.4 Å². The Kier molecular flexibility index (Phi) is 5.64. The van der Waals surface area contributed by atoms with Crippen LogP contribution in [0.3, 0.4) is 0 Å². The Morgan fingerprint density at radius 1 is 1.12 bits per heavy atom. The Bertz CT molecular complexity index is 707. The average Bonchev–Trinajstić information content (AvgIpc) is 3.46. The van der Waals surface area contributed by atoms with Gasteiger partial charge in [-0.2, -0.15) is 0 Å². The van der Waals surface area contributed by atoms with Crippen LogP contribution in [-0.2, 0) is 0 Å². The summed E-state index contributed by atoms with van der Waals surface area (Å²) in [6.07, 6.45) is 4.20. The van der Waals surface area contributed by atoms with E-state index in [1.165, 1.54) is 0 Å². The molecule has 1 N–H and O–H groups in total. The van der Waals surface area contributed by atoms with E-state index < -0.39 is 0 Å². The standard InChI is InChI=1S/C20H26N4O/c1-3-12-24(13-4-2)18-14-17(20(25)21-16-10-11-16)22-19(23-18)15-8-6-5-7-9-15/h5-9,14,16H,3-4,10-13H2,1-2H3,(H,21,25). The molecule has 0 bridgehead atoms. The van der Waals surface area contributed by atoms with E-state index in [2.05, 4.69) is 29.0 Å². The minimum Gasteiger partial charge on any atom is -0.357 e. The minimum absolute atomic E-state index is 0.101. The van der Waals surface area contributed by atoms with Gasteiger partial charge < -0.3 is 10.2 Å². The van der Waals surface area contributed by atoms with Crippen molar-refractivity contribution < 1.29 is 4.79 Å². The second kappa shape index (κ2) is 8.10. The Labute approximate surface area is 149 Å². The van der Waals surface area contributed by atoms with Crippen molar-refractivity contribution in [2.24, 2.45) is 0 Å². The molecule has 5 nitrogen and oxygen atoms in total. The molecule has 1 saturated carbocycles. The molecule has 1 heterocycles. The number of nitrogens with one attached hydrogen (secondary N) is 1. The maximum Gasteiger partial charge on any atom is 0.270 e. The van der Waals surface area contributed by atoms with Gasteiger partial charge in [0.15, 0.2) is 5.82 Å². The van der Waals surface area contributed by atoms with E-state index in [0.717, 1.165) is 50.2 Å². The van der Waals surface area contributed by atoms with Crippen LogP contribution >= 0.6 is 0 Å². The normalized spacial score (nSPS) is 13.5. The number of amides is 1. The molecule has 1 fully saturated rings. The van der Waals surface area contributed by atoms with E-state index in [0.29, 0.717) is 17.6 Å². The minimum atomic E-state index is -0.101. The molecule has 1 aromatic carbocycles. The van der Waals surface area contributed by atoms with E-state index in [-0.39, 0.29) is 5.91 Å². The van der Waals surface area contributed by atoms with Crippen LogP contribution in [0.1, 0.15) is 50.0 Å². The van der Waals surface area contributed by atoms with Crippen LogP contribution in [0.5, 0.6) is 0 Å². The first-order chi connectivity index (χ1) is 12.2. The third-order valence-corrected chi connectivity index (χ3v) is 4.20. The van der Waals surface area contributed by atoms with Gasteiger partial charge in [0.2, 0.25) is 0 Å². The van der Waals surface area contributed by atoms with Gasteiger partial charge in [-0.15, -0.1) is 0 Å². The second-order valence-electron chi connectivity index (χ2n) is 6.54. The first-order valence-electron chi connectivity index (χ1n) is 9.21. The van der Waals surface area contributed by atoms with Gasteiger partial charge >= 0.3 is 0 Å². The van der Waals surface area contributed by atoms with Gasteiger partial charge in [-0.05, 0) is 25.7 Å². The van der Waals surface area contributed by atoms with E-state index >= 15 is 0 Å². The summed E-state index contributed by atoms with van der Waals surface area (Å²) in [7, 11) is 0. The molecule has 132 valence electrons. The summed E-state index contributed by atoms with van der Waals surface area (Å²) in [6.45, 7) is 6.15. The highest BCUT2D eigenvalue weighted by molar-refractivity contribution is 5.93. The van der Waals surface area contributed by atoms with Crippen LogP contribution in [0.4, 0.5) is 5.82 Å². The molecule has 1 aromatic heterocycles. The molecule has 0 radical (unpaired) electrons. The number of rotatable bonds is 8. The van der Waals surface area contributed by atoms with Crippen LogP contribution in [0.15, 0.2) is 36.4 Å². The van der Waals surface area contributed by atoms with Gasteiger partial charge in [0.25, 0.3) is 5.91 Å². The molecule has 0 saturated heterocycles. The van der Waals surface area contributed by atoms with E-state index in [1.807, 2.05) is 36.4 Å². The van der Waals surface area contributed by atoms with E-state index in [9.17, 15) is 4.79 Å². The van der Waals surface area contributed by atoms with Crippen molar-refractivity contribution in [3.63, 3.8) is 0 Å². The second-order valence-corrected chi connectivity index (χ2v) is 6.54. The molecule has 25 heavy (non-hydrogen) atoms. The fourth-order valence-corrected chi connectivity index (χ4v) is 2.80. The average molecular weight is 338 g/mol. The fourth-order valence-electron chi connectivity index (χ4n) is 2.80. The number of carbonyl (C=O) groups is 1. The Morgan fingerprint density at radius 3 is 2.40 bits per heavy atom. The van der Waals surface area contributed by atoms with Crippen LogP contribution in [-0.4, -0.2) is 35.0 Å². The monoisotopic (exact) mass is 338 g/mol. The van der Waals surface area contributed by atoms with E-state index in [4.69, 9.17) is 4.98 Å². The topological polar surface area (TPSA) is 58.1 Å². The molecule has 0 aliphatic heterocycles. The van der Waals surface area contributed by atoms with Gasteiger partial charge in [-0.25, -0.2) is 9.97 Å². The fraction of sp³-hybridized carbons (Fsp3) is 0.450. The number of hydrogen-bond acceptors (Lipinski definition) is 4. The molecular formula is C20H26N4O. The van der Waals surface area contributed by atoms with Crippen molar-refractivity contribution in [2.45, 2.75) is 45.6 Å². The van der Waals surface area contributed by atoms with E-state index in [1.54, 1.807) is 0 Å². The van der Waals surface area contributed by atoms with Crippen LogP contribution < -0.4 is 10.2 Å². The molecule has 1 aliphatic carbocycles. The quantitative estimate of drug-likeness (QED) is 0.798. The molecule has 0 atom stereocenters. The highest BCUT2D eigenvalue weighted by atomic mass is 16.2. The van der Waals surface area contributed by atoms with Crippen molar-refractivity contribution >= 4 is 11.7 Å². The van der Waals surface area contributed by atoms with Crippen molar-refractivity contribution in [3.8, 4) is 11.4 Å². The molecule has 1 aliphatic rings. The Hall–Kier alpha value is -2.43. The predicted octanol–water partition coefficient (Wildman–Crippen LogP) is 3.66. The molecule has 5 heteroatoms. The molecule has 0 unspecified atom stereocenters. The lowest BCUT2D eigenvalue weighted by molar-refractivity contribution is 0.0946. The lowest BCUT2D eigenvalue weighted by Crippen LogP contribution is -2.29. The van der Waals surface area contributed by atoms with Gasteiger partial charge in [-0.1, -0.05) is 44.2 Å². The number of benzene rings is 1. The summed E-state index contributed by atoms with van der Waals surface area (Å²) < 4.78 is 0. The van der Waals surface area contributed by atoms with Gasteiger partial charge in [0, 0.05) is 30.8 Å². The third kappa shape index (κ3) is 4.56. The molecule has 0 spiro atoms. The zero-order valence-corrected chi connectivity index (χ0v) is 15.0. The summed E-state index contributed by atoms with van der Waals surface area (Å²) in [5.74, 6) is 1.34. The lowest BCUT2D eigenvalue weighted by Gasteiger charge is -2.23. The third-order valence-electron chi connectivity index (χ3n) is 4.20. The number of anilines is 1. The summed E-state index contributed by atoms with van der Waals surface area (Å²) in [4.78, 5) is 24.1. The first-order valence-corrected chi connectivity index (χ1v) is 9.21. The van der Waals surface area contributed by atoms with Crippen molar-refractivity contribution in [1.82, 2.24) is 15.3 Å². The van der Waals surface area contributed by atoms with Gasteiger partial charge in [-0.3, -0.25) is 4.79 Å².